The van der Waals surface area contributed by atoms with Gasteiger partial charge in [0.2, 0.25) is 0 Å². The first-order valence-corrected chi connectivity index (χ1v) is 9.89. The molecule has 0 unspecified atom stereocenters. The van der Waals surface area contributed by atoms with E-state index in [1.54, 1.807) is 42.5 Å². The third kappa shape index (κ3) is 7.79. The third-order valence-corrected chi connectivity index (χ3v) is 4.27. The molecule has 2 aromatic rings. The molecule has 0 aliphatic carbocycles. The molecule has 0 saturated carbocycles. The fourth-order valence-electron chi connectivity index (χ4n) is 2.44. The minimum atomic E-state index is -0.589. The Bertz CT molecular complexity index is 773. The van der Waals surface area contributed by atoms with Crippen molar-refractivity contribution in [1.82, 2.24) is 0 Å². The lowest BCUT2D eigenvalue weighted by Gasteiger charge is -2.09. The van der Waals surface area contributed by atoms with E-state index in [9.17, 15) is 9.59 Å². The highest BCUT2D eigenvalue weighted by Gasteiger charge is 2.11. The molecule has 0 saturated heterocycles. The van der Waals surface area contributed by atoms with Crippen LogP contribution in [0.1, 0.15) is 43.0 Å². The van der Waals surface area contributed by atoms with Gasteiger partial charge in [0.05, 0.1) is 12.2 Å². The van der Waals surface area contributed by atoms with Gasteiger partial charge < -0.3 is 14.8 Å². The molecule has 5 nitrogen and oxygen atoms in total. The summed E-state index contributed by atoms with van der Waals surface area (Å²) in [4.78, 5) is 24.0. The van der Waals surface area contributed by atoms with Gasteiger partial charge in [0.1, 0.15) is 5.75 Å². The predicted octanol–water partition coefficient (Wildman–Crippen LogP) is 5.75. The van der Waals surface area contributed by atoms with Crippen LogP contribution in [0, 0.1) is 0 Å². The molecule has 0 aromatic heterocycles. The first kappa shape index (κ1) is 22.1. The molecule has 28 heavy (non-hydrogen) atoms. The second-order valence-electron chi connectivity index (χ2n) is 6.22. The monoisotopic (exact) mass is 423 g/mol. The predicted molar refractivity (Wildman–Crippen MR) is 111 cm³/mol. The number of anilines is 1. The Kier molecular flexibility index (Phi) is 9.11. The van der Waals surface area contributed by atoms with E-state index in [2.05, 4.69) is 12.2 Å². The van der Waals surface area contributed by atoms with Crippen molar-refractivity contribution in [2.24, 2.45) is 0 Å². The van der Waals surface area contributed by atoms with E-state index in [1.807, 2.05) is 0 Å². The Morgan fingerprint density at radius 1 is 0.964 bits per heavy atom. The van der Waals surface area contributed by atoms with E-state index in [0.29, 0.717) is 33.7 Å². The minimum absolute atomic E-state index is 0.344. The van der Waals surface area contributed by atoms with Crippen molar-refractivity contribution in [2.75, 3.05) is 18.5 Å². The molecule has 0 heterocycles. The number of esters is 1. The molecule has 0 aliphatic heterocycles. The molecule has 150 valence electrons. The molecule has 2 aromatic carbocycles. The second kappa shape index (κ2) is 11.6. The molecule has 0 radical (unpaired) electrons. The Labute approximate surface area is 174 Å². The first-order chi connectivity index (χ1) is 13.5. The summed E-state index contributed by atoms with van der Waals surface area (Å²) in [6, 6.07) is 11.3. The van der Waals surface area contributed by atoms with Gasteiger partial charge in [0, 0.05) is 15.7 Å². The molecule has 1 N–H and O–H groups in total. The molecule has 1 amide bonds. The largest absolute Gasteiger partial charge is 0.494 e. The van der Waals surface area contributed by atoms with Crippen molar-refractivity contribution in [3.8, 4) is 5.75 Å². The number of amides is 1. The van der Waals surface area contributed by atoms with Gasteiger partial charge in [-0.05, 0) is 48.9 Å². The summed E-state index contributed by atoms with van der Waals surface area (Å²) in [6.45, 7) is 2.39. The standard InChI is InChI=1S/C21H23Cl2NO4/c1-2-3-4-5-10-27-19-8-6-15(7-9-19)21(26)28-14-20(25)24-18-12-16(22)11-17(23)13-18/h6-9,11-13H,2-5,10,14H2,1H3,(H,24,25). The Hall–Kier alpha value is -2.24. The topological polar surface area (TPSA) is 64.6 Å². The minimum Gasteiger partial charge on any atom is -0.494 e. The van der Waals surface area contributed by atoms with E-state index in [1.165, 1.54) is 12.8 Å². The summed E-state index contributed by atoms with van der Waals surface area (Å²) >= 11 is 11.8. The number of hydrogen-bond acceptors (Lipinski definition) is 4. The van der Waals surface area contributed by atoms with Crippen molar-refractivity contribution in [3.05, 3.63) is 58.1 Å². The molecule has 0 fully saturated rings. The summed E-state index contributed by atoms with van der Waals surface area (Å²) in [5.74, 6) is -0.379. The van der Waals surface area contributed by atoms with Crippen LogP contribution >= 0.6 is 23.2 Å². The number of carbonyl (C=O) groups is 2. The number of benzene rings is 2. The molecule has 0 aliphatic rings. The molecule has 0 spiro atoms. The van der Waals surface area contributed by atoms with Crippen molar-refractivity contribution >= 4 is 40.8 Å². The summed E-state index contributed by atoms with van der Waals surface area (Å²) < 4.78 is 10.7. The van der Waals surface area contributed by atoms with Crippen molar-refractivity contribution in [2.45, 2.75) is 32.6 Å². The summed E-state index contributed by atoms with van der Waals surface area (Å²) in [5, 5.41) is 3.36. The molecular formula is C21H23Cl2NO4. The maximum absolute atomic E-state index is 12.1. The molecule has 0 bridgehead atoms. The molecule has 2 rings (SSSR count). The number of halogens is 2. The van der Waals surface area contributed by atoms with Crippen molar-refractivity contribution in [1.29, 1.82) is 0 Å². The van der Waals surface area contributed by atoms with Gasteiger partial charge in [0.25, 0.3) is 5.91 Å². The number of unbranched alkanes of at least 4 members (excludes halogenated alkanes) is 3. The van der Waals surface area contributed by atoms with Gasteiger partial charge in [-0.3, -0.25) is 4.79 Å². The molecular weight excluding hydrogens is 401 g/mol. The van der Waals surface area contributed by atoms with Crippen LogP contribution in [0.25, 0.3) is 0 Å². The van der Waals surface area contributed by atoms with E-state index in [-0.39, 0.29) is 0 Å². The maximum atomic E-state index is 12.1. The van der Waals surface area contributed by atoms with Gasteiger partial charge in [-0.15, -0.1) is 0 Å². The third-order valence-electron chi connectivity index (χ3n) is 3.84. The van der Waals surface area contributed by atoms with Crippen LogP contribution in [0.5, 0.6) is 5.75 Å². The Morgan fingerprint density at radius 3 is 2.29 bits per heavy atom. The number of rotatable bonds is 10. The van der Waals surface area contributed by atoms with E-state index < -0.39 is 18.5 Å². The Morgan fingerprint density at radius 2 is 1.64 bits per heavy atom. The van der Waals surface area contributed by atoms with Gasteiger partial charge in [-0.1, -0.05) is 49.4 Å². The number of nitrogens with one attached hydrogen (secondary N) is 1. The zero-order valence-corrected chi connectivity index (χ0v) is 17.2. The lowest BCUT2D eigenvalue weighted by molar-refractivity contribution is -0.119. The van der Waals surface area contributed by atoms with E-state index in [0.717, 1.165) is 12.8 Å². The summed E-state index contributed by atoms with van der Waals surface area (Å²) in [7, 11) is 0. The van der Waals surface area contributed by atoms with Crippen LogP contribution in [0.4, 0.5) is 5.69 Å². The van der Waals surface area contributed by atoms with Crippen LogP contribution in [-0.4, -0.2) is 25.1 Å². The van der Waals surface area contributed by atoms with Crippen molar-refractivity contribution in [3.63, 3.8) is 0 Å². The molecule has 7 heteroatoms. The average molecular weight is 424 g/mol. The van der Waals surface area contributed by atoms with Crippen LogP contribution in [0.15, 0.2) is 42.5 Å². The zero-order valence-electron chi connectivity index (χ0n) is 15.7. The van der Waals surface area contributed by atoms with Crippen LogP contribution in [0.2, 0.25) is 10.0 Å². The highest BCUT2D eigenvalue weighted by Crippen LogP contribution is 2.22. The number of ether oxygens (including phenoxy) is 2. The van der Waals surface area contributed by atoms with E-state index in [4.69, 9.17) is 32.7 Å². The smallest absolute Gasteiger partial charge is 0.338 e. The summed E-state index contributed by atoms with van der Waals surface area (Å²) in [5.41, 5.74) is 0.774. The Balaban J connectivity index is 1.76. The molecule has 0 atom stereocenters. The van der Waals surface area contributed by atoms with Gasteiger partial charge in [0.15, 0.2) is 6.61 Å². The maximum Gasteiger partial charge on any atom is 0.338 e. The highest BCUT2D eigenvalue weighted by atomic mass is 35.5. The van der Waals surface area contributed by atoms with Crippen molar-refractivity contribution < 1.29 is 19.1 Å². The van der Waals surface area contributed by atoms with Gasteiger partial charge in [-0.25, -0.2) is 4.79 Å². The van der Waals surface area contributed by atoms with Gasteiger partial charge >= 0.3 is 5.97 Å². The number of carbonyl (C=O) groups excluding carboxylic acids is 2. The highest BCUT2D eigenvalue weighted by molar-refractivity contribution is 6.35. The SMILES string of the molecule is CCCCCCOc1ccc(C(=O)OCC(=O)Nc2cc(Cl)cc(Cl)c2)cc1. The zero-order chi connectivity index (χ0) is 20.4. The van der Waals surface area contributed by atoms with Crippen LogP contribution in [0.3, 0.4) is 0 Å². The van der Waals surface area contributed by atoms with Crippen LogP contribution in [-0.2, 0) is 9.53 Å². The lowest BCUT2D eigenvalue weighted by Crippen LogP contribution is -2.20. The average Bonchev–Trinajstić information content (AvgIpc) is 2.65. The fraction of sp³-hybridized carbons (Fsp3) is 0.333. The quantitative estimate of drug-likeness (QED) is 0.390. The second-order valence-corrected chi connectivity index (χ2v) is 7.09. The van der Waals surface area contributed by atoms with Crippen LogP contribution < -0.4 is 10.1 Å². The normalized spacial score (nSPS) is 10.4. The van der Waals surface area contributed by atoms with Gasteiger partial charge in [-0.2, -0.15) is 0 Å². The lowest BCUT2D eigenvalue weighted by atomic mass is 10.2. The van der Waals surface area contributed by atoms with E-state index >= 15 is 0 Å². The first-order valence-electron chi connectivity index (χ1n) is 9.14. The number of hydrogen-bond donors (Lipinski definition) is 1. The summed E-state index contributed by atoms with van der Waals surface area (Å²) in [6.07, 6.45) is 4.53. The fourth-order valence-corrected chi connectivity index (χ4v) is 2.97.